The molecule has 126 valence electrons. The Balaban J connectivity index is 3.68. The van der Waals surface area contributed by atoms with Crippen molar-refractivity contribution in [3.63, 3.8) is 0 Å². The molecule has 0 aromatic heterocycles. The van der Waals surface area contributed by atoms with E-state index in [2.05, 4.69) is 23.8 Å². The monoisotopic (exact) mass is 314 g/mol. The minimum atomic E-state index is -0.349. The van der Waals surface area contributed by atoms with Crippen LogP contribution in [0.4, 0.5) is 0 Å². The molecule has 0 atom stereocenters. The summed E-state index contributed by atoms with van der Waals surface area (Å²) in [6, 6.07) is 0. The van der Waals surface area contributed by atoms with Crippen LogP contribution >= 0.6 is 0 Å². The molecule has 0 fully saturated rings. The Kier molecular flexibility index (Phi) is 16.3. The largest absolute Gasteiger partial charge is 0.466 e. The molecule has 0 aliphatic rings. The summed E-state index contributed by atoms with van der Waals surface area (Å²) in [7, 11) is 1.36. The number of hydrogen-bond donors (Lipinski definition) is 0. The maximum atomic E-state index is 10.8. The fraction of sp³-hybridized carbons (Fsp3) is 0.381. The zero-order chi connectivity index (χ0) is 17.0. The van der Waals surface area contributed by atoms with Gasteiger partial charge in [0.05, 0.1) is 7.11 Å². The van der Waals surface area contributed by atoms with Crippen LogP contribution in [0.25, 0.3) is 0 Å². The summed E-state index contributed by atoms with van der Waals surface area (Å²) in [4.78, 5) is 10.8. The number of carbonyl (C=O) groups is 1. The Labute approximate surface area is 141 Å². The minimum Gasteiger partial charge on any atom is -0.466 e. The minimum absolute atomic E-state index is 0.349. The van der Waals surface area contributed by atoms with Crippen molar-refractivity contribution in [2.45, 2.75) is 45.4 Å². The lowest BCUT2D eigenvalue weighted by Crippen LogP contribution is -1.92. The van der Waals surface area contributed by atoms with Gasteiger partial charge in [-0.1, -0.05) is 99.4 Å². The molecular formula is C21H30O2. The predicted molar refractivity (Wildman–Crippen MR) is 100 cm³/mol. The number of unbranched alkanes of at least 4 members (excludes halogenated alkanes) is 5. The van der Waals surface area contributed by atoms with E-state index < -0.39 is 0 Å². The predicted octanol–water partition coefficient (Wildman–Crippen LogP) is 5.86. The van der Waals surface area contributed by atoms with Crippen molar-refractivity contribution < 1.29 is 9.53 Å². The number of methoxy groups -OCH3 is 1. The lowest BCUT2D eigenvalue weighted by atomic mass is 10.1. The van der Waals surface area contributed by atoms with Gasteiger partial charge in [0.25, 0.3) is 0 Å². The highest BCUT2D eigenvalue weighted by Gasteiger charge is 1.86. The molecule has 0 rings (SSSR count). The fourth-order valence-electron chi connectivity index (χ4n) is 1.76. The van der Waals surface area contributed by atoms with Crippen LogP contribution < -0.4 is 0 Å². The first-order valence-corrected chi connectivity index (χ1v) is 8.39. The lowest BCUT2D eigenvalue weighted by Gasteiger charge is -1.95. The number of carbonyl (C=O) groups excluding carboxylic acids is 1. The van der Waals surface area contributed by atoms with Crippen LogP contribution in [0.2, 0.25) is 0 Å². The van der Waals surface area contributed by atoms with Gasteiger partial charge in [-0.15, -0.1) is 0 Å². The SMILES string of the molecule is CCCCCCCC=CC=CC=CC=CC=CC=CC(=O)OC. The molecular weight excluding hydrogens is 284 g/mol. The van der Waals surface area contributed by atoms with Gasteiger partial charge in [-0.25, -0.2) is 4.79 Å². The molecule has 0 bridgehead atoms. The molecule has 0 N–H and O–H groups in total. The van der Waals surface area contributed by atoms with E-state index in [0.29, 0.717) is 0 Å². The van der Waals surface area contributed by atoms with E-state index in [9.17, 15) is 4.79 Å². The van der Waals surface area contributed by atoms with E-state index in [0.717, 1.165) is 0 Å². The quantitative estimate of drug-likeness (QED) is 0.195. The van der Waals surface area contributed by atoms with Gasteiger partial charge in [0.15, 0.2) is 0 Å². The van der Waals surface area contributed by atoms with Crippen LogP contribution in [0.1, 0.15) is 45.4 Å². The molecule has 0 aromatic carbocycles. The first-order chi connectivity index (χ1) is 11.3. The van der Waals surface area contributed by atoms with Gasteiger partial charge in [0.2, 0.25) is 0 Å². The summed E-state index contributed by atoms with van der Waals surface area (Å²) in [5, 5.41) is 0. The van der Waals surface area contributed by atoms with Gasteiger partial charge in [-0.05, 0) is 12.8 Å². The van der Waals surface area contributed by atoms with Crippen molar-refractivity contribution in [3.8, 4) is 0 Å². The molecule has 23 heavy (non-hydrogen) atoms. The molecule has 0 saturated carbocycles. The van der Waals surface area contributed by atoms with Gasteiger partial charge < -0.3 is 4.74 Å². The lowest BCUT2D eigenvalue weighted by molar-refractivity contribution is -0.134. The molecule has 2 heteroatoms. The summed E-state index contributed by atoms with van der Waals surface area (Å²) < 4.78 is 4.48. The van der Waals surface area contributed by atoms with Gasteiger partial charge in [0.1, 0.15) is 0 Å². The fourth-order valence-corrected chi connectivity index (χ4v) is 1.76. The Morgan fingerprint density at radius 3 is 1.83 bits per heavy atom. The molecule has 0 amide bonds. The maximum absolute atomic E-state index is 10.8. The third-order valence-corrected chi connectivity index (χ3v) is 3.04. The normalized spacial score (nSPS) is 13.0. The van der Waals surface area contributed by atoms with Crippen molar-refractivity contribution >= 4 is 5.97 Å². The molecule has 0 aromatic rings. The van der Waals surface area contributed by atoms with Crippen molar-refractivity contribution in [1.29, 1.82) is 0 Å². The van der Waals surface area contributed by atoms with E-state index in [1.165, 1.54) is 51.7 Å². The Hall–Kier alpha value is -2.09. The van der Waals surface area contributed by atoms with E-state index in [-0.39, 0.29) is 5.97 Å². The average Bonchev–Trinajstić information content (AvgIpc) is 2.57. The first kappa shape index (κ1) is 20.9. The Morgan fingerprint density at radius 2 is 1.26 bits per heavy atom. The van der Waals surface area contributed by atoms with Gasteiger partial charge >= 0.3 is 5.97 Å². The number of esters is 1. The highest BCUT2D eigenvalue weighted by Crippen LogP contribution is 2.05. The summed E-state index contributed by atoms with van der Waals surface area (Å²) >= 11 is 0. The molecule has 0 spiro atoms. The van der Waals surface area contributed by atoms with Crippen molar-refractivity contribution in [2.24, 2.45) is 0 Å². The molecule has 0 saturated heterocycles. The second-order valence-electron chi connectivity index (χ2n) is 5.05. The van der Waals surface area contributed by atoms with Crippen molar-refractivity contribution in [1.82, 2.24) is 0 Å². The zero-order valence-electron chi connectivity index (χ0n) is 14.5. The number of hydrogen-bond acceptors (Lipinski definition) is 2. The van der Waals surface area contributed by atoms with Crippen LogP contribution in [0.15, 0.2) is 72.9 Å². The average molecular weight is 314 g/mol. The van der Waals surface area contributed by atoms with E-state index >= 15 is 0 Å². The molecule has 0 unspecified atom stereocenters. The molecule has 2 nitrogen and oxygen atoms in total. The zero-order valence-corrected chi connectivity index (χ0v) is 14.5. The summed E-state index contributed by atoms with van der Waals surface area (Å²) in [6.07, 6.45) is 30.7. The van der Waals surface area contributed by atoms with Crippen LogP contribution in [-0.4, -0.2) is 13.1 Å². The van der Waals surface area contributed by atoms with E-state index in [4.69, 9.17) is 0 Å². The van der Waals surface area contributed by atoms with E-state index in [1.54, 1.807) is 12.2 Å². The molecule has 0 aliphatic heterocycles. The van der Waals surface area contributed by atoms with Crippen LogP contribution in [0.3, 0.4) is 0 Å². The molecule has 0 heterocycles. The van der Waals surface area contributed by atoms with Crippen LogP contribution in [0, 0.1) is 0 Å². The third kappa shape index (κ3) is 17.9. The van der Waals surface area contributed by atoms with Crippen molar-refractivity contribution in [2.75, 3.05) is 7.11 Å². The Bertz CT molecular complexity index is 448. The standard InChI is InChI=1S/C21H30O2/c1-3-4-5-6-7-8-9-10-11-12-13-14-15-16-17-18-19-20-21(22)23-2/h9-20H,3-8H2,1-2H3. The van der Waals surface area contributed by atoms with Crippen LogP contribution in [0.5, 0.6) is 0 Å². The van der Waals surface area contributed by atoms with Crippen molar-refractivity contribution in [3.05, 3.63) is 72.9 Å². The second kappa shape index (κ2) is 18.0. The highest BCUT2D eigenvalue weighted by atomic mass is 16.5. The van der Waals surface area contributed by atoms with Gasteiger partial charge in [0, 0.05) is 6.08 Å². The smallest absolute Gasteiger partial charge is 0.330 e. The second-order valence-corrected chi connectivity index (χ2v) is 5.05. The van der Waals surface area contributed by atoms with Crippen LogP contribution in [-0.2, 0) is 9.53 Å². The highest BCUT2D eigenvalue weighted by molar-refractivity contribution is 5.82. The summed E-state index contributed by atoms with van der Waals surface area (Å²) in [6.45, 7) is 2.24. The van der Waals surface area contributed by atoms with Gasteiger partial charge in [-0.3, -0.25) is 0 Å². The molecule has 0 aliphatic carbocycles. The van der Waals surface area contributed by atoms with E-state index in [1.807, 2.05) is 42.5 Å². The topological polar surface area (TPSA) is 26.3 Å². The molecule has 0 radical (unpaired) electrons. The maximum Gasteiger partial charge on any atom is 0.330 e. The van der Waals surface area contributed by atoms with Gasteiger partial charge in [-0.2, -0.15) is 0 Å². The first-order valence-electron chi connectivity index (χ1n) is 8.39. The number of allylic oxidation sites excluding steroid dienone is 11. The third-order valence-electron chi connectivity index (χ3n) is 3.04. The number of ether oxygens (including phenoxy) is 1. The summed E-state index contributed by atoms with van der Waals surface area (Å²) in [5.41, 5.74) is 0. The number of rotatable bonds is 12. The Morgan fingerprint density at radius 1 is 0.739 bits per heavy atom. The summed E-state index contributed by atoms with van der Waals surface area (Å²) in [5.74, 6) is -0.349.